The molecule has 1 heterocycles. The molecule has 0 aliphatic rings. The smallest absolute Gasteiger partial charge is 0.104 e. The molecule has 0 saturated carbocycles. The lowest BCUT2D eigenvalue weighted by molar-refractivity contribution is 1.30. The van der Waals surface area contributed by atoms with Crippen molar-refractivity contribution in [2.75, 3.05) is 5.73 Å². The Balaban J connectivity index is 1.78. The summed E-state index contributed by atoms with van der Waals surface area (Å²) in [5, 5.41) is 1.14. The first-order valence-electron chi connectivity index (χ1n) is 6.06. The van der Waals surface area contributed by atoms with Crippen LogP contribution in [0, 0.1) is 6.92 Å². The van der Waals surface area contributed by atoms with Gasteiger partial charge in [0.2, 0.25) is 0 Å². The second-order valence-corrected chi connectivity index (χ2v) is 6.54. The highest BCUT2D eigenvalue weighted by Gasteiger charge is 2.05. The Bertz CT molecular complexity index is 686. The number of thiazole rings is 1. The summed E-state index contributed by atoms with van der Waals surface area (Å²) in [6.07, 6.45) is 0. The predicted molar refractivity (Wildman–Crippen MR) is 84.8 cm³/mol. The van der Waals surface area contributed by atoms with E-state index in [9.17, 15) is 0 Å². The maximum Gasteiger partial charge on any atom is 0.104 e. The number of fused-ring (bicyclic) bond motifs is 1. The molecule has 0 fully saturated rings. The molecule has 0 atom stereocenters. The van der Waals surface area contributed by atoms with E-state index in [4.69, 9.17) is 5.73 Å². The third kappa shape index (κ3) is 2.74. The number of hydrogen-bond donors (Lipinski definition) is 1. The largest absolute Gasteiger partial charge is 0.398 e. The first kappa shape index (κ1) is 12.5. The van der Waals surface area contributed by atoms with Gasteiger partial charge in [0.15, 0.2) is 0 Å². The average Bonchev–Trinajstić information content (AvgIpc) is 2.80. The minimum Gasteiger partial charge on any atom is -0.398 e. The van der Waals surface area contributed by atoms with E-state index in [-0.39, 0.29) is 0 Å². The van der Waals surface area contributed by atoms with E-state index < -0.39 is 0 Å². The van der Waals surface area contributed by atoms with Gasteiger partial charge in [0.1, 0.15) is 5.01 Å². The molecule has 0 unspecified atom stereocenters. The summed E-state index contributed by atoms with van der Waals surface area (Å²) < 4.78 is 1.25. The van der Waals surface area contributed by atoms with E-state index in [2.05, 4.69) is 42.2 Å². The second kappa shape index (κ2) is 5.23. The number of thioether (sulfide) groups is 1. The standard InChI is InChI=1S/C15H14N2S2/c1-10-6-7-13(11(16)8-10)18-9-15-17-12-4-2-3-5-14(12)19-15/h2-8H,9,16H2,1H3. The Morgan fingerprint density at radius 2 is 2.05 bits per heavy atom. The molecule has 0 saturated heterocycles. The quantitative estimate of drug-likeness (QED) is 0.570. The van der Waals surface area contributed by atoms with Gasteiger partial charge in [0.25, 0.3) is 0 Å². The van der Waals surface area contributed by atoms with Crippen LogP contribution in [0.1, 0.15) is 10.6 Å². The molecule has 0 radical (unpaired) electrons. The Morgan fingerprint density at radius 3 is 2.84 bits per heavy atom. The van der Waals surface area contributed by atoms with Crippen LogP contribution >= 0.6 is 23.1 Å². The molecular formula is C15H14N2S2. The van der Waals surface area contributed by atoms with Crippen molar-refractivity contribution in [3.05, 3.63) is 53.0 Å². The molecule has 3 rings (SSSR count). The predicted octanol–water partition coefficient (Wildman–Crippen LogP) is 4.48. The van der Waals surface area contributed by atoms with Gasteiger partial charge in [0.05, 0.1) is 16.0 Å². The van der Waals surface area contributed by atoms with Crippen LogP contribution in [0.2, 0.25) is 0 Å². The van der Waals surface area contributed by atoms with E-state index in [0.29, 0.717) is 0 Å². The SMILES string of the molecule is Cc1ccc(SCc2nc3ccccc3s2)c(N)c1. The molecule has 19 heavy (non-hydrogen) atoms. The van der Waals surface area contributed by atoms with Crippen LogP contribution in [0.4, 0.5) is 5.69 Å². The molecule has 1 aromatic heterocycles. The van der Waals surface area contributed by atoms with Gasteiger partial charge in [-0.2, -0.15) is 0 Å². The summed E-state index contributed by atoms with van der Waals surface area (Å²) in [4.78, 5) is 5.76. The van der Waals surface area contributed by atoms with Crippen LogP contribution < -0.4 is 5.73 Å². The lowest BCUT2D eigenvalue weighted by Gasteiger charge is -2.04. The summed E-state index contributed by atoms with van der Waals surface area (Å²) in [5.41, 5.74) is 9.16. The van der Waals surface area contributed by atoms with Crippen LogP contribution in [-0.2, 0) is 5.75 Å². The van der Waals surface area contributed by atoms with Gasteiger partial charge >= 0.3 is 0 Å². The zero-order valence-electron chi connectivity index (χ0n) is 10.6. The fourth-order valence-corrected chi connectivity index (χ4v) is 3.83. The summed E-state index contributed by atoms with van der Waals surface area (Å²) >= 11 is 3.50. The maximum absolute atomic E-state index is 6.02. The molecular weight excluding hydrogens is 272 g/mol. The van der Waals surface area contributed by atoms with Gasteiger partial charge in [-0.15, -0.1) is 23.1 Å². The Hall–Kier alpha value is -1.52. The minimum atomic E-state index is 0.853. The van der Waals surface area contributed by atoms with Crippen LogP contribution in [0.3, 0.4) is 0 Å². The van der Waals surface area contributed by atoms with Gasteiger partial charge < -0.3 is 5.73 Å². The van der Waals surface area contributed by atoms with Crippen molar-refractivity contribution in [3.8, 4) is 0 Å². The van der Waals surface area contributed by atoms with Crippen molar-refractivity contribution < 1.29 is 0 Å². The molecule has 0 amide bonds. The number of rotatable bonds is 3. The molecule has 2 N–H and O–H groups in total. The number of benzene rings is 2. The fourth-order valence-electron chi connectivity index (χ4n) is 1.92. The van der Waals surface area contributed by atoms with Crippen molar-refractivity contribution in [2.45, 2.75) is 17.6 Å². The zero-order chi connectivity index (χ0) is 13.2. The lowest BCUT2D eigenvalue weighted by atomic mass is 10.2. The van der Waals surface area contributed by atoms with Crippen molar-refractivity contribution in [1.29, 1.82) is 0 Å². The molecule has 0 spiro atoms. The van der Waals surface area contributed by atoms with Crippen LogP contribution in [0.25, 0.3) is 10.2 Å². The third-order valence-electron chi connectivity index (χ3n) is 2.85. The Kier molecular flexibility index (Phi) is 3.44. The summed E-state index contributed by atoms with van der Waals surface area (Å²) in [5.74, 6) is 0.868. The van der Waals surface area contributed by atoms with Crippen molar-refractivity contribution >= 4 is 39.0 Å². The minimum absolute atomic E-state index is 0.853. The van der Waals surface area contributed by atoms with Gasteiger partial charge in [-0.05, 0) is 36.8 Å². The Morgan fingerprint density at radius 1 is 1.21 bits per heavy atom. The molecule has 4 heteroatoms. The first-order valence-corrected chi connectivity index (χ1v) is 7.86. The molecule has 3 aromatic rings. The first-order chi connectivity index (χ1) is 9.22. The maximum atomic E-state index is 6.02. The highest BCUT2D eigenvalue weighted by Crippen LogP contribution is 2.31. The van der Waals surface area contributed by atoms with Crippen LogP contribution in [0.5, 0.6) is 0 Å². The summed E-state index contributed by atoms with van der Waals surface area (Å²) in [7, 11) is 0. The number of aryl methyl sites for hydroxylation is 1. The van der Waals surface area contributed by atoms with E-state index in [1.54, 1.807) is 23.1 Å². The van der Waals surface area contributed by atoms with E-state index >= 15 is 0 Å². The van der Waals surface area contributed by atoms with Gasteiger partial charge in [-0.25, -0.2) is 4.98 Å². The topological polar surface area (TPSA) is 38.9 Å². The molecule has 2 aromatic carbocycles. The molecule has 0 aliphatic carbocycles. The number of nitrogen functional groups attached to an aromatic ring is 1. The molecule has 0 aliphatic heterocycles. The second-order valence-electron chi connectivity index (χ2n) is 4.41. The number of nitrogens with zero attached hydrogens (tertiary/aromatic N) is 1. The fraction of sp³-hybridized carbons (Fsp3) is 0.133. The van der Waals surface area contributed by atoms with Crippen LogP contribution in [-0.4, -0.2) is 4.98 Å². The van der Waals surface area contributed by atoms with Crippen molar-refractivity contribution in [3.63, 3.8) is 0 Å². The van der Waals surface area contributed by atoms with Crippen LogP contribution in [0.15, 0.2) is 47.4 Å². The number of para-hydroxylation sites is 1. The lowest BCUT2D eigenvalue weighted by Crippen LogP contribution is -1.89. The van der Waals surface area contributed by atoms with Gasteiger partial charge in [-0.1, -0.05) is 18.2 Å². The zero-order valence-corrected chi connectivity index (χ0v) is 12.2. The number of anilines is 1. The molecule has 2 nitrogen and oxygen atoms in total. The normalized spacial score (nSPS) is 11.0. The monoisotopic (exact) mass is 286 g/mol. The number of nitrogens with two attached hydrogens (primary N) is 1. The third-order valence-corrected chi connectivity index (χ3v) is 5.17. The number of aromatic nitrogens is 1. The molecule has 96 valence electrons. The number of hydrogen-bond acceptors (Lipinski definition) is 4. The summed E-state index contributed by atoms with van der Waals surface area (Å²) in [6.45, 7) is 2.05. The molecule has 0 bridgehead atoms. The van der Waals surface area contributed by atoms with Crippen molar-refractivity contribution in [2.24, 2.45) is 0 Å². The van der Waals surface area contributed by atoms with Gasteiger partial charge in [-0.3, -0.25) is 0 Å². The van der Waals surface area contributed by atoms with Crippen molar-refractivity contribution in [1.82, 2.24) is 4.98 Å². The van der Waals surface area contributed by atoms with E-state index in [0.717, 1.165) is 26.9 Å². The highest BCUT2D eigenvalue weighted by molar-refractivity contribution is 7.98. The summed E-state index contributed by atoms with van der Waals surface area (Å²) in [6, 6.07) is 14.4. The average molecular weight is 286 g/mol. The highest BCUT2D eigenvalue weighted by atomic mass is 32.2. The van der Waals surface area contributed by atoms with Gasteiger partial charge in [0, 0.05) is 10.6 Å². The van der Waals surface area contributed by atoms with E-state index in [1.807, 2.05) is 12.1 Å². The van der Waals surface area contributed by atoms with E-state index in [1.165, 1.54) is 10.3 Å². The Labute approximate surface area is 120 Å².